The number of aliphatic imine (C=N–C) groups is 1. The van der Waals surface area contributed by atoms with Crippen molar-refractivity contribution in [3.05, 3.63) is 10.6 Å². The van der Waals surface area contributed by atoms with Crippen LogP contribution in [0.5, 0.6) is 0 Å². The third-order valence-electron chi connectivity index (χ3n) is 3.19. The number of hydrogen-bond donors (Lipinski definition) is 0. The molecule has 0 radical (unpaired) electrons. The fourth-order valence-corrected chi connectivity index (χ4v) is 3.54. The van der Waals surface area contributed by atoms with Gasteiger partial charge in [-0.05, 0) is 42.5 Å². The number of thiazole rings is 1. The first-order valence-corrected chi connectivity index (χ1v) is 7.64. The average molecular weight is 316 g/mol. The van der Waals surface area contributed by atoms with Gasteiger partial charge in [-0.2, -0.15) is 0 Å². The van der Waals surface area contributed by atoms with E-state index in [0.29, 0.717) is 6.54 Å². The standard InChI is InChI=1S/C14H22N3OS.ClH/c1-11(18)9-17-12-7-5-4-6-8-13(12)19-14(17)15-10-16(2)3;/h10H,4-9H2,1-3H3;1H/q+1;/p-1. The lowest BCUT2D eigenvalue weighted by atomic mass is 10.2. The van der Waals surface area contributed by atoms with Crippen LogP contribution >= 0.6 is 11.3 Å². The lowest BCUT2D eigenvalue weighted by Gasteiger charge is -2.01. The van der Waals surface area contributed by atoms with E-state index in [4.69, 9.17) is 0 Å². The summed E-state index contributed by atoms with van der Waals surface area (Å²) in [4.78, 5) is 19.4. The Morgan fingerprint density at radius 3 is 2.70 bits per heavy atom. The van der Waals surface area contributed by atoms with E-state index in [0.717, 1.165) is 18.0 Å². The van der Waals surface area contributed by atoms with Crippen LogP contribution in [0.1, 0.15) is 36.8 Å². The lowest BCUT2D eigenvalue weighted by molar-refractivity contribution is -0.674. The summed E-state index contributed by atoms with van der Waals surface area (Å²) in [5, 5.41) is 0.954. The quantitative estimate of drug-likeness (QED) is 0.313. The van der Waals surface area contributed by atoms with Crippen molar-refractivity contribution < 1.29 is 21.8 Å². The summed E-state index contributed by atoms with van der Waals surface area (Å²) >= 11 is 1.75. The maximum absolute atomic E-state index is 11.5. The van der Waals surface area contributed by atoms with Crippen molar-refractivity contribution in [2.45, 2.75) is 45.6 Å². The monoisotopic (exact) mass is 315 g/mol. The largest absolute Gasteiger partial charge is 1.00 e. The molecule has 4 nitrogen and oxygen atoms in total. The van der Waals surface area contributed by atoms with Crippen molar-refractivity contribution in [1.29, 1.82) is 0 Å². The van der Waals surface area contributed by atoms with Crippen molar-refractivity contribution in [3.63, 3.8) is 0 Å². The van der Waals surface area contributed by atoms with Gasteiger partial charge in [0.2, 0.25) is 6.34 Å². The van der Waals surface area contributed by atoms with Gasteiger partial charge in [-0.25, -0.2) is 4.57 Å². The molecule has 0 saturated heterocycles. The van der Waals surface area contributed by atoms with E-state index in [1.54, 1.807) is 18.3 Å². The second-order valence-electron chi connectivity index (χ2n) is 5.31. The number of aromatic nitrogens is 1. The number of carbonyl (C=O) groups is 1. The number of nitrogens with zero attached hydrogens (tertiary/aromatic N) is 3. The number of hydrogen-bond acceptors (Lipinski definition) is 3. The Kier molecular flexibility index (Phi) is 6.62. The fourth-order valence-electron chi connectivity index (χ4n) is 2.36. The number of aryl methyl sites for hydroxylation is 1. The van der Waals surface area contributed by atoms with Gasteiger partial charge in [0.1, 0.15) is 12.2 Å². The molecule has 1 aromatic rings. The number of carbonyl (C=O) groups excluding carboxylic acids is 1. The minimum atomic E-state index is 0. The molecule has 2 rings (SSSR count). The molecule has 0 saturated carbocycles. The van der Waals surface area contributed by atoms with Gasteiger partial charge >= 0.3 is 5.13 Å². The highest BCUT2D eigenvalue weighted by molar-refractivity contribution is 7.15. The molecule has 1 aliphatic carbocycles. The van der Waals surface area contributed by atoms with Gasteiger partial charge < -0.3 is 17.3 Å². The second-order valence-corrected chi connectivity index (χ2v) is 6.37. The SMILES string of the molecule is CC(=O)C[n+]1c(N=CN(C)C)sc2c1CCCCC2.[Cl-]. The molecular formula is C14H22ClN3OS. The molecule has 0 N–H and O–H groups in total. The molecule has 0 unspecified atom stereocenters. The van der Waals surface area contributed by atoms with Gasteiger partial charge in [0.05, 0.1) is 4.88 Å². The van der Waals surface area contributed by atoms with Crippen LogP contribution in [0.3, 0.4) is 0 Å². The first-order valence-electron chi connectivity index (χ1n) is 6.82. The molecule has 20 heavy (non-hydrogen) atoms. The Balaban J connectivity index is 0.00000200. The zero-order valence-electron chi connectivity index (χ0n) is 12.4. The summed E-state index contributed by atoms with van der Waals surface area (Å²) in [6.07, 6.45) is 7.79. The van der Waals surface area contributed by atoms with Crippen LogP contribution < -0.4 is 17.0 Å². The number of fused-ring (bicyclic) bond motifs is 1. The van der Waals surface area contributed by atoms with E-state index in [1.807, 2.05) is 25.3 Å². The van der Waals surface area contributed by atoms with E-state index in [1.165, 1.54) is 29.8 Å². The van der Waals surface area contributed by atoms with Crippen LogP contribution in [0.4, 0.5) is 5.13 Å². The minimum absolute atomic E-state index is 0. The Labute approximate surface area is 130 Å². The molecule has 6 heteroatoms. The van der Waals surface area contributed by atoms with Gasteiger partial charge in [0.25, 0.3) is 0 Å². The molecule has 0 atom stereocenters. The van der Waals surface area contributed by atoms with E-state index >= 15 is 0 Å². The highest BCUT2D eigenvalue weighted by atomic mass is 35.5. The number of rotatable bonds is 4. The molecule has 1 aromatic heterocycles. The topological polar surface area (TPSA) is 36.6 Å². The highest BCUT2D eigenvalue weighted by Crippen LogP contribution is 2.29. The molecule has 0 bridgehead atoms. The molecule has 112 valence electrons. The molecular weight excluding hydrogens is 294 g/mol. The first kappa shape index (κ1) is 17.1. The molecule has 0 spiro atoms. The van der Waals surface area contributed by atoms with Crippen molar-refractivity contribution in [1.82, 2.24) is 4.90 Å². The van der Waals surface area contributed by atoms with Crippen molar-refractivity contribution in [3.8, 4) is 0 Å². The summed E-state index contributed by atoms with van der Waals surface area (Å²) < 4.78 is 2.12. The van der Waals surface area contributed by atoms with Gasteiger partial charge in [0.15, 0.2) is 5.78 Å². The van der Waals surface area contributed by atoms with Crippen LogP contribution in [0.25, 0.3) is 0 Å². The van der Waals surface area contributed by atoms with Crippen LogP contribution in [-0.2, 0) is 24.2 Å². The Bertz CT molecular complexity index is 497. The van der Waals surface area contributed by atoms with Crippen LogP contribution in [0, 0.1) is 0 Å². The summed E-state index contributed by atoms with van der Waals surface area (Å²) in [5.74, 6) is 0.191. The predicted octanol–water partition coefficient (Wildman–Crippen LogP) is -0.881. The predicted molar refractivity (Wildman–Crippen MR) is 78.3 cm³/mol. The fraction of sp³-hybridized carbons (Fsp3) is 0.643. The summed E-state index contributed by atoms with van der Waals surface area (Å²) in [5.41, 5.74) is 1.34. The second kappa shape index (κ2) is 7.74. The maximum atomic E-state index is 11.5. The van der Waals surface area contributed by atoms with E-state index in [-0.39, 0.29) is 18.2 Å². The molecule has 1 heterocycles. The molecule has 0 fully saturated rings. The van der Waals surface area contributed by atoms with Crippen LogP contribution in [-0.4, -0.2) is 31.1 Å². The van der Waals surface area contributed by atoms with E-state index < -0.39 is 0 Å². The Morgan fingerprint density at radius 2 is 2.05 bits per heavy atom. The Morgan fingerprint density at radius 1 is 1.35 bits per heavy atom. The molecule has 1 aliphatic rings. The number of Topliss-reactive ketones (excluding diaryl/α,β-unsaturated/α-hetero) is 1. The van der Waals surface area contributed by atoms with Gasteiger partial charge in [-0.15, -0.1) is 0 Å². The lowest BCUT2D eigenvalue weighted by Crippen LogP contribution is -3.00. The van der Waals surface area contributed by atoms with Crippen LogP contribution in [0.2, 0.25) is 0 Å². The third-order valence-corrected chi connectivity index (χ3v) is 4.38. The van der Waals surface area contributed by atoms with E-state index in [9.17, 15) is 4.79 Å². The number of halogens is 1. The smallest absolute Gasteiger partial charge is 0.384 e. The average Bonchev–Trinajstić information content (AvgIpc) is 2.51. The van der Waals surface area contributed by atoms with Gasteiger partial charge in [-0.1, -0.05) is 6.42 Å². The summed E-state index contributed by atoms with van der Waals surface area (Å²) in [6.45, 7) is 2.10. The third kappa shape index (κ3) is 4.28. The van der Waals surface area contributed by atoms with Gasteiger partial charge in [0, 0.05) is 20.5 Å². The summed E-state index contributed by atoms with van der Waals surface area (Å²) in [7, 11) is 3.91. The van der Waals surface area contributed by atoms with Gasteiger partial charge in [-0.3, -0.25) is 4.79 Å². The normalized spacial score (nSPS) is 14.6. The zero-order valence-corrected chi connectivity index (χ0v) is 13.9. The van der Waals surface area contributed by atoms with Crippen LogP contribution in [0.15, 0.2) is 4.99 Å². The highest BCUT2D eigenvalue weighted by Gasteiger charge is 2.25. The maximum Gasteiger partial charge on any atom is 0.384 e. The van der Waals surface area contributed by atoms with Crippen molar-refractivity contribution in [2.24, 2.45) is 4.99 Å². The minimum Gasteiger partial charge on any atom is -1.00 e. The van der Waals surface area contributed by atoms with Crippen molar-refractivity contribution in [2.75, 3.05) is 14.1 Å². The Hall–Kier alpha value is -0.940. The molecule has 0 amide bonds. The van der Waals surface area contributed by atoms with Crippen molar-refractivity contribution >= 4 is 28.6 Å². The molecule has 0 aliphatic heterocycles. The number of ketones is 1. The molecule has 0 aromatic carbocycles. The van der Waals surface area contributed by atoms with E-state index in [2.05, 4.69) is 9.56 Å². The zero-order chi connectivity index (χ0) is 13.8. The first-order chi connectivity index (χ1) is 9.08. The summed E-state index contributed by atoms with van der Waals surface area (Å²) in [6, 6.07) is 0.